The number of halogens is 1. The molecule has 0 saturated heterocycles. The minimum Gasteiger partial charge on any atom is -0.467 e. The summed E-state index contributed by atoms with van der Waals surface area (Å²) in [5.74, 6) is 0.605. The molecule has 1 aromatic heterocycles. The number of hydrogen-bond donors (Lipinski definition) is 0. The van der Waals surface area contributed by atoms with Crippen molar-refractivity contribution >= 4 is 17.6 Å². The number of carbonyl (C=O) groups excluding carboxylic acids is 1. The average Bonchev–Trinajstić information content (AvgIpc) is 2.93. The highest BCUT2D eigenvalue weighted by atomic mass is 35.5. The average molecular weight is 293 g/mol. The fourth-order valence-electron chi connectivity index (χ4n) is 2.08. The fraction of sp³-hybridized carbons (Fsp3) is 0.333. The van der Waals surface area contributed by atoms with Gasteiger partial charge in [-0.3, -0.25) is 0 Å². The monoisotopic (exact) mass is 292 g/mol. The number of aromatic nitrogens is 2. The summed E-state index contributed by atoms with van der Waals surface area (Å²) >= 11 is 5.86. The van der Waals surface area contributed by atoms with Gasteiger partial charge in [-0.1, -0.05) is 23.7 Å². The second-order valence-corrected chi connectivity index (χ2v) is 5.01. The van der Waals surface area contributed by atoms with Gasteiger partial charge in [0.15, 0.2) is 0 Å². The highest BCUT2D eigenvalue weighted by Crippen LogP contribution is 2.15. The maximum Gasteiger partial charge on any atom is 0.328 e. The maximum absolute atomic E-state index is 11.6. The molecule has 0 bridgehead atoms. The molecule has 4 nitrogen and oxygen atoms in total. The molecule has 0 fully saturated rings. The molecule has 1 atom stereocenters. The van der Waals surface area contributed by atoms with Crippen molar-refractivity contribution in [3.05, 3.63) is 53.1 Å². The lowest BCUT2D eigenvalue weighted by atomic mass is 10.1. The van der Waals surface area contributed by atoms with Crippen LogP contribution in [0.15, 0.2) is 36.7 Å². The topological polar surface area (TPSA) is 44.1 Å². The van der Waals surface area contributed by atoms with E-state index < -0.39 is 0 Å². The third-order valence-corrected chi connectivity index (χ3v) is 3.51. The van der Waals surface area contributed by atoms with Gasteiger partial charge in [0.1, 0.15) is 11.9 Å². The summed E-state index contributed by atoms with van der Waals surface area (Å²) in [5, 5.41) is 0.731. The first kappa shape index (κ1) is 14.6. The summed E-state index contributed by atoms with van der Waals surface area (Å²) in [7, 11) is 1.39. The molecule has 0 N–H and O–H groups in total. The molecule has 1 aromatic carbocycles. The second kappa shape index (κ2) is 6.57. The van der Waals surface area contributed by atoms with E-state index in [0.29, 0.717) is 0 Å². The number of benzene rings is 1. The first-order chi connectivity index (χ1) is 9.61. The molecule has 0 radical (unpaired) electrons. The minimum atomic E-state index is -0.359. The quantitative estimate of drug-likeness (QED) is 0.796. The summed E-state index contributed by atoms with van der Waals surface area (Å²) in [6.45, 7) is 1.80. The van der Waals surface area contributed by atoms with E-state index in [2.05, 4.69) is 4.98 Å². The Morgan fingerprint density at radius 3 is 2.70 bits per heavy atom. The smallest absolute Gasteiger partial charge is 0.328 e. The highest BCUT2D eigenvalue weighted by Gasteiger charge is 2.17. The van der Waals surface area contributed by atoms with Crippen molar-refractivity contribution < 1.29 is 9.53 Å². The Hall–Kier alpha value is -1.81. The van der Waals surface area contributed by atoms with Gasteiger partial charge < -0.3 is 9.30 Å². The first-order valence-corrected chi connectivity index (χ1v) is 6.83. The largest absolute Gasteiger partial charge is 0.467 e. The summed E-state index contributed by atoms with van der Waals surface area (Å²) in [6, 6.07) is 7.39. The molecular weight excluding hydrogens is 276 g/mol. The fourth-order valence-corrected chi connectivity index (χ4v) is 2.21. The van der Waals surface area contributed by atoms with Gasteiger partial charge in [-0.15, -0.1) is 0 Å². The van der Waals surface area contributed by atoms with Crippen LogP contribution in [0.1, 0.15) is 24.4 Å². The molecule has 0 spiro atoms. The molecule has 2 rings (SSSR count). The van der Waals surface area contributed by atoms with Crippen LogP contribution in [0, 0.1) is 0 Å². The van der Waals surface area contributed by atoms with Crippen molar-refractivity contribution in [3.8, 4) is 0 Å². The zero-order valence-corrected chi connectivity index (χ0v) is 12.3. The molecule has 1 unspecified atom stereocenters. The Kier molecular flexibility index (Phi) is 4.79. The lowest BCUT2D eigenvalue weighted by molar-refractivity contribution is -0.144. The standard InChI is InChI=1S/C15H17ClN2O2/c1-11(15(19)20-2)18-10-9-17-14(18)8-5-12-3-6-13(16)7-4-12/h3-4,6-7,9-11H,5,8H2,1-2H3. The molecule has 5 heteroatoms. The molecule has 0 amide bonds. The third kappa shape index (κ3) is 3.39. The molecule has 1 heterocycles. The number of carbonyl (C=O) groups is 1. The van der Waals surface area contributed by atoms with Crippen LogP contribution in [-0.4, -0.2) is 22.6 Å². The van der Waals surface area contributed by atoms with Crippen LogP contribution in [0.4, 0.5) is 0 Å². The van der Waals surface area contributed by atoms with Crippen molar-refractivity contribution in [2.75, 3.05) is 7.11 Å². The van der Waals surface area contributed by atoms with Crippen LogP contribution in [0.2, 0.25) is 5.02 Å². The summed E-state index contributed by atoms with van der Waals surface area (Å²) in [4.78, 5) is 15.9. The van der Waals surface area contributed by atoms with Crippen LogP contribution in [0.3, 0.4) is 0 Å². The van der Waals surface area contributed by atoms with Gasteiger partial charge in [-0.2, -0.15) is 0 Å². The second-order valence-electron chi connectivity index (χ2n) is 4.58. The van der Waals surface area contributed by atoms with Gasteiger partial charge >= 0.3 is 5.97 Å². The predicted molar refractivity (Wildman–Crippen MR) is 77.8 cm³/mol. The molecular formula is C15H17ClN2O2. The lowest BCUT2D eigenvalue weighted by Gasteiger charge is -2.14. The summed E-state index contributed by atoms with van der Waals surface area (Å²) in [6.07, 6.45) is 5.12. The number of ether oxygens (including phenoxy) is 1. The zero-order valence-electron chi connectivity index (χ0n) is 11.5. The van der Waals surface area contributed by atoms with E-state index in [0.717, 1.165) is 23.7 Å². The Bertz CT molecular complexity index is 578. The van der Waals surface area contributed by atoms with E-state index >= 15 is 0 Å². The highest BCUT2D eigenvalue weighted by molar-refractivity contribution is 6.30. The molecule has 0 aliphatic heterocycles. The molecule has 0 aliphatic rings. The van der Waals surface area contributed by atoms with Crippen molar-refractivity contribution in [3.63, 3.8) is 0 Å². The SMILES string of the molecule is COC(=O)C(C)n1ccnc1CCc1ccc(Cl)cc1. The molecule has 2 aromatic rings. The van der Waals surface area contributed by atoms with Crippen LogP contribution in [-0.2, 0) is 22.4 Å². The van der Waals surface area contributed by atoms with E-state index in [-0.39, 0.29) is 12.0 Å². The van der Waals surface area contributed by atoms with Crippen LogP contribution < -0.4 is 0 Å². The Balaban J connectivity index is 2.05. The number of aryl methyl sites for hydroxylation is 2. The van der Waals surface area contributed by atoms with E-state index in [4.69, 9.17) is 16.3 Å². The third-order valence-electron chi connectivity index (χ3n) is 3.26. The van der Waals surface area contributed by atoms with E-state index in [1.807, 2.05) is 28.8 Å². The minimum absolute atomic E-state index is 0.268. The van der Waals surface area contributed by atoms with Crippen molar-refractivity contribution in [1.82, 2.24) is 9.55 Å². The Morgan fingerprint density at radius 2 is 2.05 bits per heavy atom. The number of methoxy groups -OCH3 is 1. The van der Waals surface area contributed by atoms with E-state index in [1.54, 1.807) is 19.3 Å². The Labute approximate surface area is 123 Å². The molecule has 20 heavy (non-hydrogen) atoms. The molecule has 106 valence electrons. The molecule has 0 saturated carbocycles. The van der Waals surface area contributed by atoms with Crippen LogP contribution in [0.5, 0.6) is 0 Å². The number of esters is 1. The van der Waals surface area contributed by atoms with E-state index in [1.165, 1.54) is 12.7 Å². The lowest BCUT2D eigenvalue weighted by Crippen LogP contribution is -2.19. The summed E-state index contributed by atoms with van der Waals surface area (Å²) in [5.41, 5.74) is 1.19. The van der Waals surface area contributed by atoms with Gasteiger partial charge in [0, 0.05) is 23.8 Å². The van der Waals surface area contributed by atoms with Crippen molar-refractivity contribution in [1.29, 1.82) is 0 Å². The zero-order chi connectivity index (χ0) is 14.5. The van der Waals surface area contributed by atoms with E-state index in [9.17, 15) is 4.79 Å². The van der Waals surface area contributed by atoms with Crippen LogP contribution >= 0.6 is 11.6 Å². The van der Waals surface area contributed by atoms with Gasteiger partial charge in [-0.25, -0.2) is 9.78 Å². The maximum atomic E-state index is 11.6. The van der Waals surface area contributed by atoms with Crippen molar-refractivity contribution in [2.24, 2.45) is 0 Å². The van der Waals surface area contributed by atoms with Gasteiger partial charge in [0.05, 0.1) is 7.11 Å². The first-order valence-electron chi connectivity index (χ1n) is 6.46. The van der Waals surface area contributed by atoms with Gasteiger partial charge in [0.2, 0.25) is 0 Å². The van der Waals surface area contributed by atoms with Gasteiger partial charge in [0.25, 0.3) is 0 Å². The summed E-state index contributed by atoms with van der Waals surface area (Å²) < 4.78 is 6.61. The number of imidazole rings is 1. The molecule has 0 aliphatic carbocycles. The van der Waals surface area contributed by atoms with Crippen LogP contribution in [0.25, 0.3) is 0 Å². The number of nitrogens with zero attached hydrogens (tertiary/aromatic N) is 2. The van der Waals surface area contributed by atoms with Crippen molar-refractivity contribution in [2.45, 2.75) is 25.8 Å². The predicted octanol–water partition coefficient (Wildman–Crippen LogP) is 3.06. The number of rotatable bonds is 5. The van der Waals surface area contributed by atoms with Gasteiger partial charge in [-0.05, 0) is 31.0 Å². The Morgan fingerprint density at radius 1 is 1.35 bits per heavy atom. The normalized spacial score (nSPS) is 12.2. The number of hydrogen-bond acceptors (Lipinski definition) is 3.